The quantitative estimate of drug-likeness (QED) is 0.246. The number of aliphatic imine (C=N–C) groups is 1. The number of benzene rings is 1. The maximum atomic E-state index is 11.0. The van der Waals surface area contributed by atoms with Gasteiger partial charge < -0.3 is 19.9 Å². The lowest BCUT2D eigenvalue weighted by molar-refractivity contribution is 0.372. The number of hydrogen-bond acceptors (Lipinski definition) is 5. The van der Waals surface area contributed by atoms with E-state index in [0.29, 0.717) is 19.5 Å². The second-order valence-electron chi connectivity index (χ2n) is 6.17. The zero-order valence-electron chi connectivity index (χ0n) is 16.1. The van der Waals surface area contributed by atoms with E-state index in [4.69, 9.17) is 4.74 Å². The Hall–Kier alpha value is -1.27. The van der Waals surface area contributed by atoms with Gasteiger partial charge >= 0.3 is 0 Å². The van der Waals surface area contributed by atoms with Crippen molar-refractivity contribution in [2.24, 2.45) is 4.99 Å². The minimum absolute atomic E-state index is 0. The first kappa shape index (κ1) is 23.8. The van der Waals surface area contributed by atoms with Gasteiger partial charge in [0.2, 0.25) is 10.0 Å². The monoisotopic (exact) mass is 511 g/mol. The third-order valence-corrected chi connectivity index (χ3v) is 4.96. The Morgan fingerprint density at radius 3 is 2.30 bits per heavy atom. The van der Waals surface area contributed by atoms with E-state index >= 15 is 0 Å². The van der Waals surface area contributed by atoms with Crippen LogP contribution in [-0.2, 0) is 10.0 Å². The Kier molecular flexibility index (Phi) is 10.2. The van der Waals surface area contributed by atoms with Crippen LogP contribution in [0.4, 0.5) is 5.69 Å². The molecular weight excluding hydrogens is 481 g/mol. The summed E-state index contributed by atoms with van der Waals surface area (Å²) in [4.78, 5) is 8.91. The minimum atomic E-state index is -3.12. The van der Waals surface area contributed by atoms with Crippen molar-refractivity contribution in [1.82, 2.24) is 14.9 Å². The standard InChI is InChI=1S/C17H29N5O3S.HI/c1-18-17(19-9-4-10-20-26(3,23)24)22-13-11-21(12-14-22)15-5-7-16(25-2)8-6-15;/h5-8,20H,4,9-14H2,1-3H3,(H,18,19);1H. The number of ether oxygens (including phenoxy) is 1. The molecule has 1 aliphatic heterocycles. The van der Waals surface area contributed by atoms with Gasteiger partial charge in [0.15, 0.2) is 5.96 Å². The number of anilines is 1. The molecule has 8 nitrogen and oxygen atoms in total. The van der Waals surface area contributed by atoms with E-state index < -0.39 is 10.0 Å². The van der Waals surface area contributed by atoms with E-state index in [-0.39, 0.29) is 24.0 Å². The first-order valence-corrected chi connectivity index (χ1v) is 10.6. The Labute approximate surface area is 179 Å². The molecule has 0 bridgehead atoms. The van der Waals surface area contributed by atoms with Crippen molar-refractivity contribution < 1.29 is 13.2 Å². The highest BCUT2D eigenvalue weighted by Crippen LogP contribution is 2.20. The molecule has 0 aromatic heterocycles. The molecule has 1 aromatic carbocycles. The Balaban J connectivity index is 0.00000364. The molecule has 0 radical (unpaired) electrons. The smallest absolute Gasteiger partial charge is 0.208 e. The van der Waals surface area contributed by atoms with Gasteiger partial charge in [-0.1, -0.05) is 0 Å². The van der Waals surface area contributed by atoms with Gasteiger partial charge in [-0.05, 0) is 30.7 Å². The van der Waals surface area contributed by atoms with Gasteiger partial charge in [0.25, 0.3) is 0 Å². The van der Waals surface area contributed by atoms with Crippen LogP contribution in [0.2, 0.25) is 0 Å². The number of hydrogen-bond donors (Lipinski definition) is 2. The zero-order chi connectivity index (χ0) is 19.0. The molecule has 0 spiro atoms. The van der Waals surface area contributed by atoms with Crippen LogP contribution in [-0.4, -0.2) is 79.0 Å². The van der Waals surface area contributed by atoms with E-state index in [2.05, 4.69) is 37.0 Å². The summed E-state index contributed by atoms with van der Waals surface area (Å²) < 4.78 is 29.8. The van der Waals surface area contributed by atoms with E-state index in [9.17, 15) is 8.42 Å². The van der Waals surface area contributed by atoms with Crippen molar-refractivity contribution in [1.29, 1.82) is 0 Å². The van der Waals surface area contributed by atoms with Crippen molar-refractivity contribution in [3.63, 3.8) is 0 Å². The van der Waals surface area contributed by atoms with Crippen molar-refractivity contribution in [3.8, 4) is 5.75 Å². The molecule has 0 amide bonds. The Morgan fingerprint density at radius 2 is 1.78 bits per heavy atom. The first-order valence-electron chi connectivity index (χ1n) is 8.72. The zero-order valence-corrected chi connectivity index (χ0v) is 19.3. The van der Waals surface area contributed by atoms with E-state index in [1.54, 1.807) is 14.2 Å². The second-order valence-corrected chi connectivity index (χ2v) is 8.00. The van der Waals surface area contributed by atoms with Gasteiger partial charge in [-0.25, -0.2) is 13.1 Å². The molecule has 10 heteroatoms. The molecule has 0 saturated carbocycles. The SMILES string of the molecule is CN=C(NCCCNS(C)(=O)=O)N1CCN(c2ccc(OC)cc2)CC1.I. The molecule has 2 N–H and O–H groups in total. The lowest BCUT2D eigenvalue weighted by atomic mass is 10.2. The lowest BCUT2D eigenvalue weighted by Crippen LogP contribution is -2.52. The third-order valence-electron chi connectivity index (χ3n) is 4.23. The molecule has 154 valence electrons. The van der Waals surface area contributed by atoms with Gasteiger partial charge in [0.1, 0.15) is 5.75 Å². The topological polar surface area (TPSA) is 86.3 Å². The number of halogens is 1. The summed E-state index contributed by atoms with van der Waals surface area (Å²) in [6, 6.07) is 8.12. The highest BCUT2D eigenvalue weighted by Gasteiger charge is 2.19. The molecule has 1 aromatic rings. The van der Waals surface area contributed by atoms with Gasteiger partial charge in [-0.3, -0.25) is 4.99 Å². The average Bonchev–Trinajstić information content (AvgIpc) is 2.64. The maximum Gasteiger partial charge on any atom is 0.208 e. The number of nitrogens with zero attached hydrogens (tertiary/aromatic N) is 3. The highest BCUT2D eigenvalue weighted by molar-refractivity contribution is 14.0. The summed E-state index contributed by atoms with van der Waals surface area (Å²) in [5.74, 6) is 1.72. The number of methoxy groups -OCH3 is 1. The van der Waals surface area contributed by atoms with Crippen LogP contribution < -0.4 is 19.7 Å². The fraction of sp³-hybridized carbons (Fsp3) is 0.588. The van der Waals surface area contributed by atoms with Crippen molar-refractivity contribution in [3.05, 3.63) is 24.3 Å². The number of sulfonamides is 1. The van der Waals surface area contributed by atoms with Crippen LogP contribution in [0.5, 0.6) is 5.75 Å². The average molecular weight is 511 g/mol. The van der Waals surface area contributed by atoms with Gasteiger partial charge in [0, 0.05) is 52.0 Å². The third kappa shape index (κ3) is 8.09. The van der Waals surface area contributed by atoms with Crippen LogP contribution in [0.3, 0.4) is 0 Å². The Morgan fingerprint density at radius 1 is 1.15 bits per heavy atom. The van der Waals surface area contributed by atoms with Gasteiger partial charge in [0.05, 0.1) is 13.4 Å². The molecule has 0 aliphatic carbocycles. The summed E-state index contributed by atoms with van der Waals surface area (Å²) in [5, 5.41) is 3.30. The highest BCUT2D eigenvalue weighted by atomic mass is 127. The molecular formula is C17H30IN5O3S. The largest absolute Gasteiger partial charge is 0.497 e. The van der Waals surface area contributed by atoms with Crippen LogP contribution in [0, 0.1) is 0 Å². The molecule has 0 atom stereocenters. The molecule has 1 saturated heterocycles. The van der Waals surface area contributed by atoms with Crippen LogP contribution in [0.1, 0.15) is 6.42 Å². The summed E-state index contributed by atoms with van der Waals surface area (Å²) in [6.07, 6.45) is 1.87. The van der Waals surface area contributed by atoms with E-state index in [1.807, 2.05) is 12.1 Å². The number of piperazine rings is 1. The fourth-order valence-corrected chi connectivity index (χ4v) is 3.36. The number of guanidine groups is 1. The molecule has 0 unspecified atom stereocenters. The molecule has 2 rings (SSSR count). The van der Waals surface area contributed by atoms with Crippen LogP contribution in [0.15, 0.2) is 29.3 Å². The molecule has 1 heterocycles. The molecule has 1 fully saturated rings. The summed E-state index contributed by atoms with van der Waals surface area (Å²) >= 11 is 0. The predicted octanol–water partition coefficient (Wildman–Crippen LogP) is 0.950. The molecule has 27 heavy (non-hydrogen) atoms. The lowest BCUT2D eigenvalue weighted by Gasteiger charge is -2.37. The minimum Gasteiger partial charge on any atom is -0.497 e. The fourth-order valence-electron chi connectivity index (χ4n) is 2.85. The van der Waals surface area contributed by atoms with Crippen LogP contribution in [0.25, 0.3) is 0 Å². The summed E-state index contributed by atoms with van der Waals surface area (Å²) in [6.45, 7) is 4.70. The second kappa shape index (κ2) is 11.5. The summed E-state index contributed by atoms with van der Waals surface area (Å²) in [7, 11) is 0.321. The normalized spacial score (nSPS) is 15.3. The van der Waals surface area contributed by atoms with Crippen LogP contribution >= 0.6 is 24.0 Å². The van der Waals surface area contributed by atoms with E-state index in [0.717, 1.165) is 37.9 Å². The Bertz CT molecular complexity index is 689. The van der Waals surface area contributed by atoms with Crippen molar-refractivity contribution in [2.45, 2.75) is 6.42 Å². The first-order chi connectivity index (χ1) is 12.4. The van der Waals surface area contributed by atoms with Gasteiger partial charge in [-0.2, -0.15) is 0 Å². The van der Waals surface area contributed by atoms with Crippen molar-refractivity contribution >= 4 is 45.6 Å². The number of nitrogens with one attached hydrogen (secondary N) is 2. The molecule has 1 aliphatic rings. The van der Waals surface area contributed by atoms with Crippen molar-refractivity contribution in [2.75, 3.05) is 64.6 Å². The summed E-state index contributed by atoms with van der Waals surface area (Å²) in [5.41, 5.74) is 1.19. The maximum absolute atomic E-state index is 11.0. The van der Waals surface area contributed by atoms with E-state index in [1.165, 1.54) is 11.9 Å². The predicted molar refractivity (Wildman–Crippen MR) is 121 cm³/mol. The number of rotatable bonds is 7. The van der Waals surface area contributed by atoms with Gasteiger partial charge in [-0.15, -0.1) is 24.0 Å².